The lowest BCUT2D eigenvalue weighted by molar-refractivity contribution is -0.119. The van der Waals surface area contributed by atoms with Crippen molar-refractivity contribution in [1.29, 1.82) is 0 Å². The summed E-state index contributed by atoms with van der Waals surface area (Å²) in [4.78, 5) is 18.9. The molecule has 0 unspecified atom stereocenters. The van der Waals surface area contributed by atoms with E-state index in [-0.39, 0.29) is 23.4 Å². The molecule has 0 spiro atoms. The number of nitrogens with zero attached hydrogens (tertiary/aromatic N) is 4. The molecule has 24 heavy (non-hydrogen) atoms. The second kappa shape index (κ2) is 6.18. The number of aryl methyl sites for hydroxylation is 1. The van der Waals surface area contributed by atoms with Gasteiger partial charge in [0, 0.05) is 13.1 Å². The molecule has 0 N–H and O–H groups in total. The molecule has 1 aromatic carbocycles. The van der Waals surface area contributed by atoms with Crippen LogP contribution in [-0.4, -0.2) is 50.4 Å². The topological polar surface area (TPSA) is 60.3 Å². The van der Waals surface area contributed by atoms with Crippen molar-refractivity contribution < 1.29 is 9.53 Å². The normalized spacial score (nSPS) is 20.2. The Morgan fingerprint density at radius 3 is 2.75 bits per heavy atom. The maximum Gasteiger partial charge on any atom is 0.293 e. The zero-order valence-electron chi connectivity index (χ0n) is 14.3. The van der Waals surface area contributed by atoms with Gasteiger partial charge < -0.3 is 9.64 Å². The van der Waals surface area contributed by atoms with Gasteiger partial charge in [0.05, 0.1) is 22.4 Å². The average molecular weight is 349 g/mol. The molecule has 0 aliphatic carbocycles. The van der Waals surface area contributed by atoms with E-state index in [0.717, 1.165) is 0 Å². The Morgan fingerprint density at radius 1 is 1.38 bits per heavy atom. The molecule has 1 aliphatic heterocycles. The number of hydrogen-bond donors (Lipinski definition) is 0. The summed E-state index contributed by atoms with van der Waals surface area (Å²) in [5.41, 5.74) is 0.326. The van der Waals surface area contributed by atoms with Gasteiger partial charge in [0.25, 0.3) is 5.91 Å². The zero-order chi connectivity index (χ0) is 17.5. The first-order valence-electron chi connectivity index (χ1n) is 7.92. The van der Waals surface area contributed by atoms with Gasteiger partial charge in [-0.05, 0) is 39.8 Å². The Kier molecular flexibility index (Phi) is 4.36. The summed E-state index contributed by atoms with van der Waals surface area (Å²) in [6, 6.07) is 7.35. The molecule has 2 heterocycles. The van der Waals surface area contributed by atoms with Crippen LogP contribution in [0.25, 0.3) is 5.69 Å². The van der Waals surface area contributed by atoms with Crippen LogP contribution in [0.1, 0.15) is 37.2 Å². The van der Waals surface area contributed by atoms with Crippen molar-refractivity contribution in [2.45, 2.75) is 39.4 Å². The maximum atomic E-state index is 12.8. The van der Waals surface area contributed by atoms with E-state index in [9.17, 15) is 4.79 Å². The monoisotopic (exact) mass is 348 g/mol. The van der Waals surface area contributed by atoms with Gasteiger partial charge in [0.2, 0.25) is 5.82 Å². The van der Waals surface area contributed by atoms with E-state index in [4.69, 9.17) is 16.3 Å². The third kappa shape index (κ3) is 3.30. The second-order valence-electron chi connectivity index (χ2n) is 6.72. The van der Waals surface area contributed by atoms with Crippen molar-refractivity contribution in [2.75, 3.05) is 13.1 Å². The Bertz CT molecular complexity index is 772. The molecule has 1 fully saturated rings. The fraction of sp³-hybridized carbons (Fsp3) is 0.471. The number of hydrogen-bond acceptors (Lipinski definition) is 4. The van der Waals surface area contributed by atoms with Crippen LogP contribution >= 0.6 is 11.6 Å². The van der Waals surface area contributed by atoms with Crippen molar-refractivity contribution >= 4 is 17.5 Å². The number of carbonyl (C=O) groups is 1. The van der Waals surface area contributed by atoms with E-state index in [0.29, 0.717) is 29.6 Å². The van der Waals surface area contributed by atoms with Gasteiger partial charge in [-0.15, -0.1) is 5.10 Å². The van der Waals surface area contributed by atoms with Gasteiger partial charge in [-0.2, -0.15) is 0 Å². The highest BCUT2D eigenvalue weighted by molar-refractivity contribution is 6.32. The number of morpholine rings is 1. The minimum Gasteiger partial charge on any atom is -0.369 e. The van der Waals surface area contributed by atoms with E-state index in [1.54, 1.807) is 22.6 Å². The highest BCUT2D eigenvalue weighted by atomic mass is 35.5. The van der Waals surface area contributed by atoms with E-state index in [1.165, 1.54) is 0 Å². The van der Waals surface area contributed by atoms with Crippen LogP contribution < -0.4 is 0 Å². The fourth-order valence-electron chi connectivity index (χ4n) is 3.08. The summed E-state index contributed by atoms with van der Waals surface area (Å²) in [6.07, 6.45) is -0.0237. The van der Waals surface area contributed by atoms with Crippen molar-refractivity contribution in [3.05, 3.63) is 40.9 Å². The van der Waals surface area contributed by atoms with E-state index < -0.39 is 0 Å². The number of carbonyl (C=O) groups excluding carboxylic acids is 1. The predicted octanol–water partition coefficient (Wildman–Crippen LogP) is 2.87. The predicted molar refractivity (Wildman–Crippen MR) is 91.6 cm³/mol. The Hall–Kier alpha value is -1.92. The maximum absolute atomic E-state index is 12.8. The Labute approximate surface area is 146 Å². The molecule has 128 valence electrons. The molecule has 6 nitrogen and oxygen atoms in total. The number of ether oxygens (including phenoxy) is 1. The van der Waals surface area contributed by atoms with Crippen molar-refractivity contribution in [1.82, 2.24) is 19.7 Å². The van der Waals surface area contributed by atoms with Crippen LogP contribution in [0.4, 0.5) is 0 Å². The van der Waals surface area contributed by atoms with Crippen LogP contribution in [0.5, 0.6) is 0 Å². The van der Waals surface area contributed by atoms with Gasteiger partial charge in [-0.25, -0.2) is 9.67 Å². The number of halogens is 1. The van der Waals surface area contributed by atoms with Crippen LogP contribution in [0, 0.1) is 6.92 Å². The lowest BCUT2D eigenvalue weighted by Gasteiger charge is -2.41. The first-order chi connectivity index (χ1) is 11.3. The van der Waals surface area contributed by atoms with E-state index in [2.05, 4.69) is 10.1 Å². The first kappa shape index (κ1) is 16.9. The smallest absolute Gasteiger partial charge is 0.293 e. The van der Waals surface area contributed by atoms with Crippen molar-refractivity contribution in [3.8, 4) is 5.69 Å². The number of aromatic nitrogens is 3. The lowest BCUT2D eigenvalue weighted by atomic mass is 10.1. The number of amides is 1. The molecular weight excluding hydrogens is 328 g/mol. The largest absolute Gasteiger partial charge is 0.369 e. The molecule has 7 heteroatoms. The average Bonchev–Trinajstić information content (AvgIpc) is 2.86. The molecule has 1 aliphatic rings. The summed E-state index contributed by atoms with van der Waals surface area (Å²) in [5, 5.41) is 4.94. The lowest BCUT2D eigenvalue weighted by Crippen LogP contribution is -2.54. The number of para-hydroxylation sites is 1. The van der Waals surface area contributed by atoms with Gasteiger partial charge in [0.1, 0.15) is 5.82 Å². The SMILES string of the molecule is Cc1nc(C(=O)N2C[C@H](C)OC(C)(C)C2)nn1-c1ccccc1Cl. The highest BCUT2D eigenvalue weighted by Crippen LogP contribution is 2.23. The van der Waals surface area contributed by atoms with Gasteiger partial charge in [-0.3, -0.25) is 4.79 Å². The van der Waals surface area contributed by atoms with Gasteiger partial charge >= 0.3 is 0 Å². The molecule has 0 radical (unpaired) electrons. The minimum atomic E-state index is -0.381. The van der Waals surface area contributed by atoms with Crippen LogP contribution in [0.3, 0.4) is 0 Å². The summed E-state index contributed by atoms with van der Waals surface area (Å²) < 4.78 is 7.45. The van der Waals surface area contributed by atoms with E-state index >= 15 is 0 Å². The van der Waals surface area contributed by atoms with Crippen LogP contribution in [-0.2, 0) is 4.74 Å². The first-order valence-corrected chi connectivity index (χ1v) is 8.30. The molecule has 1 saturated heterocycles. The van der Waals surface area contributed by atoms with E-state index in [1.807, 2.05) is 39.0 Å². The molecule has 0 saturated carbocycles. The quantitative estimate of drug-likeness (QED) is 0.837. The van der Waals surface area contributed by atoms with Gasteiger partial charge in [0.15, 0.2) is 0 Å². The van der Waals surface area contributed by atoms with Gasteiger partial charge in [-0.1, -0.05) is 23.7 Å². The molecule has 0 bridgehead atoms. The number of benzene rings is 1. The molecule has 3 rings (SSSR count). The zero-order valence-corrected chi connectivity index (χ0v) is 15.0. The summed E-state index contributed by atoms with van der Waals surface area (Å²) in [5.74, 6) is 0.608. The van der Waals surface area contributed by atoms with Crippen LogP contribution in [0.2, 0.25) is 5.02 Å². The molecule has 1 amide bonds. The highest BCUT2D eigenvalue weighted by Gasteiger charge is 2.35. The fourth-order valence-corrected chi connectivity index (χ4v) is 3.30. The van der Waals surface area contributed by atoms with Crippen molar-refractivity contribution in [2.24, 2.45) is 0 Å². The Balaban J connectivity index is 1.90. The second-order valence-corrected chi connectivity index (χ2v) is 7.13. The Morgan fingerprint density at radius 2 is 2.08 bits per heavy atom. The number of rotatable bonds is 2. The molecule has 1 atom stereocenters. The standard InChI is InChI=1S/C17H21ClN4O2/c1-11-9-21(10-17(3,4)24-11)16(23)15-19-12(2)22(20-15)14-8-6-5-7-13(14)18/h5-8,11H,9-10H2,1-4H3/t11-/m0/s1. The third-order valence-corrected chi connectivity index (χ3v) is 4.22. The van der Waals surface area contributed by atoms with Crippen molar-refractivity contribution in [3.63, 3.8) is 0 Å². The minimum absolute atomic E-state index is 0.0237. The molecule has 1 aromatic heterocycles. The summed E-state index contributed by atoms with van der Waals surface area (Å²) in [7, 11) is 0. The molecule has 2 aromatic rings. The summed E-state index contributed by atoms with van der Waals surface area (Å²) >= 11 is 6.22. The molecular formula is C17H21ClN4O2. The third-order valence-electron chi connectivity index (χ3n) is 3.90. The van der Waals surface area contributed by atoms with Crippen LogP contribution in [0.15, 0.2) is 24.3 Å². The summed E-state index contributed by atoms with van der Waals surface area (Å²) in [6.45, 7) is 8.76.